The number of ether oxygens (including phenoxy) is 2. The Bertz CT molecular complexity index is 844. The van der Waals surface area contributed by atoms with E-state index in [0.717, 1.165) is 30.2 Å². The van der Waals surface area contributed by atoms with Gasteiger partial charge in [-0.2, -0.15) is 0 Å². The molecule has 0 radical (unpaired) electrons. The molecule has 156 valence electrons. The summed E-state index contributed by atoms with van der Waals surface area (Å²) in [5.41, 5.74) is 2.30. The van der Waals surface area contributed by atoms with E-state index in [9.17, 15) is 0 Å². The Hall–Kier alpha value is -2.41. The third-order valence-corrected chi connectivity index (χ3v) is 4.00. The molecule has 0 amide bonds. The van der Waals surface area contributed by atoms with Gasteiger partial charge in [-0.15, -0.1) is 12.4 Å². The second-order valence-electron chi connectivity index (χ2n) is 7.87. The number of nitrogens with zero attached hydrogens (tertiary/aromatic N) is 1. The van der Waals surface area contributed by atoms with Crippen molar-refractivity contribution in [3.8, 4) is 23.3 Å². The molecule has 0 heterocycles. The van der Waals surface area contributed by atoms with Crippen LogP contribution in [0.4, 0.5) is 0 Å². The van der Waals surface area contributed by atoms with E-state index in [1.54, 1.807) is 7.11 Å². The van der Waals surface area contributed by atoms with Crippen LogP contribution in [0.5, 0.6) is 11.5 Å². The largest absolute Gasteiger partial charge is 0.496 e. The highest BCUT2D eigenvalue weighted by molar-refractivity contribution is 5.85. The fourth-order valence-electron chi connectivity index (χ4n) is 2.64. The number of allylic oxidation sites excluding steroid dienone is 1. The smallest absolute Gasteiger partial charge is 0.125 e. The van der Waals surface area contributed by atoms with Crippen LogP contribution in [-0.4, -0.2) is 25.6 Å². The molecule has 0 aliphatic rings. The summed E-state index contributed by atoms with van der Waals surface area (Å²) in [4.78, 5) is 2.24. The molecule has 0 aliphatic heterocycles. The molecule has 29 heavy (non-hydrogen) atoms. The molecule has 3 nitrogen and oxygen atoms in total. The van der Waals surface area contributed by atoms with Crippen LogP contribution in [0.25, 0.3) is 0 Å². The highest BCUT2D eigenvalue weighted by Crippen LogP contribution is 2.21. The Kier molecular flexibility index (Phi) is 10.4. The molecule has 0 aliphatic carbocycles. The lowest BCUT2D eigenvalue weighted by molar-refractivity contribution is 0.295. The van der Waals surface area contributed by atoms with Gasteiger partial charge in [-0.1, -0.05) is 48.2 Å². The first-order valence-corrected chi connectivity index (χ1v) is 9.57. The van der Waals surface area contributed by atoms with E-state index >= 15 is 0 Å². The van der Waals surface area contributed by atoms with Crippen LogP contribution >= 0.6 is 12.4 Å². The van der Waals surface area contributed by atoms with Gasteiger partial charge in [0, 0.05) is 24.1 Å². The van der Waals surface area contributed by atoms with E-state index in [0.29, 0.717) is 6.61 Å². The third-order valence-electron chi connectivity index (χ3n) is 4.00. The van der Waals surface area contributed by atoms with E-state index in [2.05, 4.69) is 62.8 Å². The highest BCUT2D eigenvalue weighted by atomic mass is 35.5. The molecule has 4 heteroatoms. The monoisotopic (exact) mass is 413 g/mol. The number of rotatable bonds is 8. The Balaban J connectivity index is 0.00000420. The zero-order valence-corrected chi connectivity index (χ0v) is 18.9. The van der Waals surface area contributed by atoms with Crippen molar-refractivity contribution < 1.29 is 9.47 Å². The van der Waals surface area contributed by atoms with Crippen LogP contribution < -0.4 is 9.47 Å². The topological polar surface area (TPSA) is 21.7 Å². The van der Waals surface area contributed by atoms with Crippen LogP contribution in [0.15, 0.2) is 60.7 Å². The molecule has 0 N–H and O–H groups in total. The average molecular weight is 414 g/mol. The first-order valence-electron chi connectivity index (χ1n) is 9.57. The number of halogens is 1. The minimum Gasteiger partial charge on any atom is -0.496 e. The second kappa shape index (κ2) is 12.2. The molecule has 0 fully saturated rings. The van der Waals surface area contributed by atoms with Gasteiger partial charge in [0.1, 0.15) is 18.1 Å². The number of methoxy groups -OCH3 is 1. The van der Waals surface area contributed by atoms with Crippen molar-refractivity contribution in [3.05, 3.63) is 71.8 Å². The van der Waals surface area contributed by atoms with Crippen molar-refractivity contribution in [1.29, 1.82) is 0 Å². The lowest BCUT2D eigenvalue weighted by Crippen LogP contribution is -2.17. The quantitative estimate of drug-likeness (QED) is 0.515. The van der Waals surface area contributed by atoms with Crippen molar-refractivity contribution in [2.75, 3.05) is 20.7 Å². The van der Waals surface area contributed by atoms with Crippen LogP contribution in [0.3, 0.4) is 0 Å². The normalized spacial score (nSPS) is 11.0. The fourth-order valence-corrected chi connectivity index (χ4v) is 2.64. The molecular formula is C25H32ClNO2. The molecule has 2 aromatic rings. The number of likely N-dealkylation sites (N-methyl/N-ethyl adjacent to an activating group) is 1. The summed E-state index contributed by atoms with van der Waals surface area (Å²) in [6, 6.07) is 16.2. The predicted octanol–water partition coefficient (Wildman–Crippen LogP) is 5.73. The molecule has 0 saturated carbocycles. The average Bonchev–Trinajstić information content (AvgIpc) is 2.65. The number of benzene rings is 2. The number of para-hydroxylation sites is 1. The Morgan fingerprint density at radius 1 is 1.07 bits per heavy atom. The van der Waals surface area contributed by atoms with Crippen LogP contribution in [0.1, 0.15) is 31.9 Å². The molecule has 0 atom stereocenters. The lowest BCUT2D eigenvalue weighted by Gasteiger charge is -2.15. The summed E-state index contributed by atoms with van der Waals surface area (Å²) in [6.07, 6.45) is 4.04. The standard InChI is InChI=1S/C25H31NO2.ClH/c1-25(2,3)16-9-6-10-17-26(4)19-21-12-11-14-23(18-21)28-20-22-13-7-8-15-24(22)27-5;/h6-8,10-15,18H,17,19-20H2,1-5H3;1H. The molecular weight excluding hydrogens is 382 g/mol. The van der Waals surface area contributed by atoms with Gasteiger partial charge in [0.2, 0.25) is 0 Å². The Morgan fingerprint density at radius 3 is 2.55 bits per heavy atom. The van der Waals surface area contributed by atoms with Gasteiger partial charge in [-0.05, 0) is 57.7 Å². The van der Waals surface area contributed by atoms with E-state index < -0.39 is 0 Å². The van der Waals surface area contributed by atoms with Crippen LogP contribution in [-0.2, 0) is 13.2 Å². The maximum atomic E-state index is 5.97. The molecule has 2 aromatic carbocycles. The zero-order valence-electron chi connectivity index (χ0n) is 18.1. The minimum atomic E-state index is 0. The van der Waals surface area contributed by atoms with Gasteiger partial charge in [-0.25, -0.2) is 0 Å². The molecule has 0 bridgehead atoms. The van der Waals surface area contributed by atoms with Gasteiger partial charge in [0.05, 0.1) is 7.11 Å². The Labute approximate surface area is 182 Å². The van der Waals surface area contributed by atoms with Gasteiger partial charge < -0.3 is 9.47 Å². The van der Waals surface area contributed by atoms with Crippen LogP contribution in [0.2, 0.25) is 0 Å². The van der Waals surface area contributed by atoms with Gasteiger partial charge in [-0.3, -0.25) is 4.90 Å². The fraction of sp³-hybridized carbons (Fsp3) is 0.360. The molecule has 2 rings (SSSR count). The molecule has 0 spiro atoms. The third kappa shape index (κ3) is 9.56. The van der Waals surface area contributed by atoms with E-state index in [1.165, 1.54) is 5.56 Å². The lowest BCUT2D eigenvalue weighted by atomic mass is 9.98. The maximum absolute atomic E-state index is 5.97. The highest BCUT2D eigenvalue weighted by Gasteiger charge is 2.05. The van der Waals surface area contributed by atoms with E-state index in [4.69, 9.17) is 9.47 Å². The van der Waals surface area contributed by atoms with Crippen molar-refractivity contribution in [3.63, 3.8) is 0 Å². The Morgan fingerprint density at radius 2 is 1.83 bits per heavy atom. The van der Waals surface area contributed by atoms with Crippen molar-refractivity contribution >= 4 is 12.4 Å². The van der Waals surface area contributed by atoms with Crippen molar-refractivity contribution in [2.24, 2.45) is 5.41 Å². The summed E-state index contributed by atoms with van der Waals surface area (Å²) in [6.45, 7) is 8.53. The zero-order chi connectivity index (χ0) is 20.4. The number of hydrogen-bond acceptors (Lipinski definition) is 3. The summed E-state index contributed by atoms with van der Waals surface area (Å²) in [5, 5.41) is 0. The van der Waals surface area contributed by atoms with E-state index in [1.807, 2.05) is 42.5 Å². The first-order chi connectivity index (χ1) is 13.4. The van der Waals surface area contributed by atoms with Crippen LogP contribution in [0, 0.1) is 17.3 Å². The number of hydrogen-bond donors (Lipinski definition) is 0. The van der Waals surface area contributed by atoms with Crippen molar-refractivity contribution in [1.82, 2.24) is 4.90 Å². The van der Waals surface area contributed by atoms with Gasteiger partial charge in [0.25, 0.3) is 0 Å². The molecule has 0 unspecified atom stereocenters. The summed E-state index contributed by atoms with van der Waals surface area (Å²) in [7, 11) is 3.78. The van der Waals surface area contributed by atoms with Gasteiger partial charge in [0.15, 0.2) is 0 Å². The molecule has 0 saturated heterocycles. The SMILES string of the molecule is COc1ccccc1COc1cccc(CN(C)CC=CC#CC(C)(C)C)c1.Cl. The van der Waals surface area contributed by atoms with Gasteiger partial charge >= 0.3 is 0 Å². The molecule has 0 aromatic heterocycles. The van der Waals surface area contributed by atoms with Crippen molar-refractivity contribution in [2.45, 2.75) is 33.9 Å². The summed E-state index contributed by atoms with van der Waals surface area (Å²) < 4.78 is 11.4. The second-order valence-corrected chi connectivity index (χ2v) is 7.87. The minimum absolute atomic E-state index is 0. The summed E-state index contributed by atoms with van der Waals surface area (Å²) >= 11 is 0. The first kappa shape index (κ1) is 24.6. The predicted molar refractivity (Wildman–Crippen MR) is 124 cm³/mol. The van der Waals surface area contributed by atoms with E-state index in [-0.39, 0.29) is 17.8 Å². The summed E-state index contributed by atoms with van der Waals surface area (Å²) in [5.74, 6) is 8.03. The maximum Gasteiger partial charge on any atom is 0.125 e.